The Kier molecular flexibility index (Phi) is 4.69. The highest BCUT2D eigenvalue weighted by Gasteiger charge is 2.09. The predicted octanol–water partition coefficient (Wildman–Crippen LogP) is 3.32. The first-order chi connectivity index (χ1) is 9.60. The largest absolute Gasteiger partial charge is 0.368 e. The molecule has 4 heteroatoms. The Labute approximate surface area is 118 Å². The van der Waals surface area contributed by atoms with Gasteiger partial charge >= 0.3 is 0 Å². The SMILES string of the molecule is CNCc1ccc(N(C)Cc2cccc(F)c2)c(F)c1. The van der Waals surface area contributed by atoms with Crippen molar-refractivity contribution in [2.24, 2.45) is 0 Å². The van der Waals surface area contributed by atoms with Crippen LogP contribution < -0.4 is 10.2 Å². The Balaban J connectivity index is 2.14. The van der Waals surface area contributed by atoms with E-state index in [2.05, 4.69) is 5.32 Å². The van der Waals surface area contributed by atoms with Crippen LogP contribution in [0.15, 0.2) is 42.5 Å². The monoisotopic (exact) mass is 276 g/mol. The Bertz CT molecular complexity index is 584. The molecule has 2 nitrogen and oxygen atoms in total. The first kappa shape index (κ1) is 14.5. The molecule has 0 saturated carbocycles. The minimum absolute atomic E-state index is 0.267. The maximum Gasteiger partial charge on any atom is 0.146 e. The molecule has 0 heterocycles. The van der Waals surface area contributed by atoms with Crippen LogP contribution >= 0.6 is 0 Å². The number of rotatable bonds is 5. The second-order valence-corrected chi connectivity index (χ2v) is 4.80. The normalized spacial score (nSPS) is 10.6. The average Bonchev–Trinajstić information content (AvgIpc) is 2.39. The molecule has 0 radical (unpaired) electrons. The van der Waals surface area contributed by atoms with Gasteiger partial charge in [0.15, 0.2) is 0 Å². The van der Waals surface area contributed by atoms with E-state index in [0.29, 0.717) is 18.8 Å². The second kappa shape index (κ2) is 6.48. The van der Waals surface area contributed by atoms with Gasteiger partial charge in [0.25, 0.3) is 0 Å². The molecule has 0 spiro atoms. The van der Waals surface area contributed by atoms with Crippen LogP contribution in [0.25, 0.3) is 0 Å². The highest BCUT2D eigenvalue weighted by Crippen LogP contribution is 2.21. The third-order valence-electron chi connectivity index (χ3n) is 3.11. The molecule has 1 N–H and O–H groups in total. The predicted molar refractivity (Wildman–Crippen MR) is 77.7 cm³/mol. The zero-order chi connectivity index (χ0) is 14.5. The molecule has 0 saturated heterocycles. The van der Waals surface area contributed by atoms with Crippen molar-refractivity contribution in [2.45, 2.75) is 13.1 Å². The van der Waals surface area contributed by atoms with Gasteiger partial charge in [-0.2, -0.15) is 0 Å². The molecule has 0 unspecified atom stereocenters. The Morgan fingerprint density at radius 3 is 2.50 bits per heavy atom. The topological polar surface area (TPSA) is 15.3 Å². The summed E-state index contributed by atoms with van der Waals surface area (Å²) in [5, 5.41) is 2.98. The Morgan fingerprint density at radius 2 is 1.85 bits per heavy atom. The standard InChI is InChI=1S/C16H18F2N2/c1-19-10-12-6-7-16(15(18)9-12)20(2)11-13-4-3-5-14(17)8-13/h3-9,19H,10-11H2,1-2H3. The molecule has 0 amide bonds. The van der Waals surface area contributed by atoms with Crippen molar-refractivity contribution in [3.63, 3.8) is 0 Å². The van der Waals surface area contributed by atoms with E-state index in [1.165, 1.54) is 18.2 Å². The molecule has 106 valence electrons. The van der Waals surface area contributed by atoms with Gasteiger partial charge in [-0.3, -0.25) is 0 Å². The van der Waals surface area contributed by atoms with Crippen LogP contribution in [0.1, 0.15) is 11.1 Å². The van der Waals surface area contributed by atoms with Crippen molar-refractivity contribution in [1.29, 1.82) is 0 Å². The third kappa shape index (κ3) is 3.54. The van der Waals surface area contributed by atoms with E-state index in [0.717, 1.165) is 11.1 Å². The highest BCUT2D eigenvalue weighted by molar-refractivity contribution is 5.49. The van der Waals surface area contributed by atoms with Crippen LogP contribution in [0.4, 0.5) is 14.5 Å². The van der Waals surface area contributed by atoms with Crippen LogP contribution in [0, 0.1) is 11.6 Å². The van der Waals surface area contributed by atoms with Crippen molar-refractivity contribution in [2.75, 3.05) is 19.0 Å². The molecular formula is C16H18F2N2. The summed E-state index contributed by atoms with van der Waals surface area (Å²) in [6.45, 7) is 1.09. The fourth-order valence-electron chi connectivity index (χ4n) is 2.17. The van der Waals surface area contributed by atoms with E-state index in [1.807, 2.05) is 19.2 Å². The number of nitrogens with zero attached hydrogens (tertiary/aromatic N) is 1. The van der Waals surface area contributed by atoms with Gasteiger partial charge in [-0.25, -0.2) is 8.78 Å². The minimum atomic E-state index is -0.277. The van der Waals surface area contributed by atoms with Crippen LogP contribution in [0.5, 0.6) is 0 Å². The Hall–Kier alpha value is -1.94. The van der Waals surface area contributed by atoms with E-state index < -0.39 is 0 Å². The number of benzene rings is 2. The van der Waals surface area contributed by atoms with Gasteiger partial charge < -0.3 is 10.2 Å². The fraction of sp³-hybridized carbons (Fsp3) is 0.250. The summed E-state index contributed by atoms with van der Waals surface area (Å²) in [6.07, 6.45) is 0. The summed E-state index contributed by atoms with van der Waals surface area (Å²) in [5.41, 5.74) is 2.22. The first-order valence-electron chi connectivity index (χ1n) is 6.49. The zero-order valence-electron chi connectivity index (χ0n) is 11.7. The molecule has 2 rings (SSSR count). The van der Waals surface area contributed by atoms with Gasteiger partial charge in [-0.1, -0.05) is 18.2 Å². The van der Waals surface area contributed by atoms with Crippen molar-refractivity contribution in [3.05, 3.63) is 65.2 Å². The van der Waals surface area contributed by atoms with E-state index >= 15 is 0 Å². The molecule has 0 aliphatic carbocycles. The van der Waals surface area contributed by atoms with Gasteiger partial charge in [0.05, 0.1) is 5.69 Å². The zero-order valence-corrected chi connectivity index (χ0v) is 11.7. The molecule has 20 heavy (non-hydrogen) atoms. The van der Waals surface area contributed by atoms with E-state index in [4.69, 9.17) is 0 Å². The number of hydrogen-bond acceptors (Lipinski definition) is 2. The Morgan fingerprint density at radius 1 is 1.05 bits per heavy atom. The maximum atomic E-state index is 14.1. The molecule has 0 aliphatic rings. The molecule has 2 aromatic rings. The lowest BCUT2D eigenvalue weighted by molar-refractivity contribution is 0.616. The summed E-state index contributed by atoms with van der Waals surface area (Å²) in [4.78, 5) is 1.77. The highest BCUT2D eigenvalue weighted by atomic mass is 19.1. The van der Waals surface area contributed by atoms with Gasteiger partial charge in [-0.15, -0.1) is 0 Å². The van der Waals surface area contributed by atoms with Gasteiger partial charge in [-0.05, 0) is 42.4 Å². The summed E-state index contributed by atoms with van der Waals surface area (Å²) in [5.74, 6) is -0.544. The molecule has 0 bridgehead atoms. The molecular weight excluding hydrogens is 258 g/mol. The third-order valence-corrected chi connectivity index (χ3v) is 3.11. The van der Waals surface area contributed by atoms with Gasteiger partial charge in [0, 0.05) is 20.1 Å². The van der Waals surface area contributed by atoms with Crippen molar-refractivity contribution in [3.8, 4) is 0 Å². The van der Waals surface area contributed by atoms with Gasteiger partial charge in [0.1, 0.15) is 11.6 Å². The smallest absolute Gasteiger partial charge is 0.146 e. The lowest BCUT2D eigenvalue weighted by Gasteiger charge is -2.20. The van der Waals surface area contributed by atoms with Crippen LogP contribution in [-0.2, 0) is 13.1 Å². The number of hydrogen-bond donors (Lipinski definition) is 1. The summed E-state index contributed by atoms with van der Waals surface area (Å²) in [7, 11) is 3.61. The van der Waals surface area contributed by atoms with Crippen LogP contribution in [0.2, 0.25) is 0 Å². The van der Waals surface area contributed by atoms with Crippen molar-refractivity contribution in [1.82, 2.24) is 5.32 Å². The number of halogens is 2. The quantitative estimate of drug-likeness (QED) is 0.901. The first-order valence-corrected chi connectivity index (χ1v) is 6.49. The van der Waals surface area contributed by atoms with Crippen molar-refractivity contribution >= 4 is 5.69 Å². The van der Waals surface area contributed by atoms with E-state index in [1.54, 1.807) is 24.1 Å². The van der Waals surface area contributed by atoms with Crippen molar-refractivity contribution < 1.29 is 8.78 Å². The molecule has 0 aliphatic heterocycles. The molecule has 0 aromatic heterocycles. The average molecular weight is 276 g/mol. The molecule has 0 atom stereocenters. The second-order valence-electron chi connectivity index (χ2n) is 4.80. The summed E-state index contributed by atoms with van der Waals surface area (Å²) < 4.78 is 27.2. The number of anilines is 1. The van der Waals surface area contributed by atoms with Crippen LogP contribution in [-0.4, -0.2) is 14.1 Å². The maximum absolute atomic E-state index is 14.1. The summed E-state index contributed by atoms with van der Waals surface area (Å²) >= 11 is 0. The summed E-state index contributed by atoms with van der Waals surface area (Å²) in [6, 6.07) is 11.5. The molecule has 0 fully saturated rings. The lowest BCUT2D eigenvalue weighted by atomic mass is 10.1. The minimum Gasteiger partial charge on any atom is -0.368 e. The number of nitrogens with one attached hydrogen (secondary N) is 1. The molecule has 2 aromatic carbocycles. The fourth-order valence-corrected chi connectivity index (χ4v) is 2.17. The lowest BCUT2D eigenvalue weighted by Crippen LogP contribution is -2.18. The van der Waals surface area contributed by atoms with E-state index in [-0.39, 0.29) is 11.6 Å². The van der Waals surface area contributed by atoms with Gasteiger partial charge in [0.2, 0.25) is 0 Å². The van der Waals surface area contributed by atoms with E-state index in [9.17, 15) is 8.78 Å². The van der Waals surface area contributed by atoms with Crippen LogP contribution in [0.3, 0.4) is 0 Å².